The number of hydrogen-bond acceptors (Lipinski definition) is 1. The Kier molecular flexibility index (Phi) is 1.38. The van der Waals surface area contributed by atoms with Crippen LogP contribution in [0.15, 0.2) is 0 Å². The zero-order valence-corrected chi connectivity index (χ0v) is 7.41. The van der Waals surface area contributed by atoms with Gasteiger partial charge in [0.15, 0.2) is 0 Å². The van der Waals surface area contributed by atoms with Gasteiger partial charge in [-0.15, -0.1) is 0 Å². The molecule has 2 bridgehead atoms. The van der Waals surface area contributed by atoms with Crippen molar-refractivity contribution >= 4 is 6.29 Å². The second-order valence-electron chi connectivity index (χ2n) is 5.03. The number of carbonyl (C=O) groups excluding carboxylic acids is 1. The lowest BCUT2D eigenvalue weighted by molar-refractivity contribution is -0.111. The molecule has 3 fully saturated rings. The Balaban J connectivity index is 1.82. The maximum atomic E-state index is 10.7. The molecule has 0 N–H and O–H groups in total. The Hall–Kier alpha value is -0.330. The highest BCUT2D eigenvalue weighted by atomic mass is 16.1. The molecule has 12 heavy (non-hydrogen) atoms. The highest BCUT2D eigenvalue weighted by molar-refractivity contribution is 5.54. The van der Waals surface area contributed by atoms with Crippen molar-refractivity contribution in [3.63, 3.8) is 0 Å². The van der Waals surface area contributed by atoms with E-state index in [1.54, 1.807) is 0 Å². The molecule has 0 radical (unpaired) electrons. The Morgan fingerprint density at radius 1 is 0.917 bits per heavy atom. The van der Waals surface area contributed by atoms with E-state index < -0.39 is 0 Å². The molecule has 5 atom stereocenters. The summed E-state index contributed by atoms with van der Waals surface area (Å²) in [4.78, 5) is 10.7. The second-order valence-corrected chi connectivity index (χ2v) is 5.03. The van der Waals surface area contributed by atoms with Crippen LogP contribution in [0.5, 0.6) is 0 Å². The zero-order valence-electron chi connectivity index (χ0n) is 7.41. The molecule has 0 aliphatic heterocycles. The first-order valence-corrected chi connectivity index (χ1v) is 5.34. The summed E-state index contributed by atoms with van der Waals surface area (Å²) < 4.78 is 0. The van der Waals surface area contributed by atoms with Gasteiger partial charge in [0, 0.05) is 5.92 Å². The first kappa shape index (κ1) is 7.11. The lowest BCUT2D eigenvalue weighted by Gasteiger charge is -2.23. The quantitative estimate of drug-likeness (QED) is 0.543. The van der Waals surface area contributed by atoms with Crippen LogP contribution in [-0.4, -0.2) is 6.29 Å². The minimum absolute atomic E-state index is 0.434. The molecule has 0 heterocycles. The molecule has 0 spiro atoms. The second kappa shape index (κ2) is 2.34. The minimum atomic E-state index is 0.434. The van der Waals surface area contributed by atoms with Crippen molar-refractivity contribution in [2.45, 2.75) is 32.1 Å². The van der Waals surface area contributed by atoms with Gasteiger partial charge >= 0.3 is 0 Å². The molecule has 3 aliphatic rings. The van der Waals surface area contributed by atoms with Crippen LogP contribution in [0.4, 0.5) is 0 Å². The molecule has 3 aliphatic carbocycles. The van der Waals surface area contributed by atoms with E-state index in [0.29, 0.717) is 5.92 Å². The summed E-state index contributed by atoms with van der Waals surface area (Å²) >= 11 is 0. The van der Waals surface area contributed by atoms with Crippen molar-refractivity contribution in [2.24, 2.45) is 29.6 Å². The van der Waals surface area contributed by atoms with Gasteiger partial charge in [-0.2, -0.15) is 0 Å². The van der Waals surface area contributed by atoms with E-state index in [9.17, 15) is 4.79 Å². The van der Waals surface area contributed by atoms with Crippen LogP contribution in [0.25, 0.3) is 0 Å². The largest absolute Gasteiger partial charge is 0.303 e. The van der Waals surface area contributed by atoms with E-state index >= 15 is 0 Å². The van der Waals surface area contributed by atoms with Crippen LogP contribution in [0.1, 0.15) is 32.1 Å². The molecule has 3 unspecified atom stereocenters. The third kappa shape index (κ3) is 0.773. The van der Waals surface area contributed by atoms with Crippen molar-refractivity contribution < 1.29 is 4.79 Å². The Morgan fingerprint density at radius 2 is 1.50 bits per heavy atom. The molecular formula is C11H16O. The van der Waals surface area contributed by atoms with Crippen LogP contribution in [0.2, 0.25) is 0 Å². The van der Waals surface area contributed by atoms with Gasteiger partial charge in [-0.3, -0.25) is 0 Å². The van der Waals surface area contributed by atoms with Gasteiger partial charge in [-0.1, -0.05) is 0 Å². The van der Waals surface area contributed by atoms with Gasteiger partial charge in [-0.25, -0.2) is 0 Å². The molecule has 0 aromatic carbocycles. The average molecular weight is 164 g/mol. The molecule has 1 heteroatoms. The molecule has 66 valence electrons. The SMILES string of the molecule is O=CC1CC2C(C1)[C@H]1CC[C@@H]2C1. The van der Waals surface area contributed by atoms with Gasteiger partial charge in [0.1, 0.15) is 6.29 Å². The van der Waals surface area contributed by atoms with Crippen molar-refractivity contribution in [1.82, 2.24) is 0 Å². The van der Waals surface area contributed by atoms with E-state index in [2.05, 4.69) is 0 Å². The molecule has 1 nitrogen and oxygen atoms in total. The first-order chi connectivity index (χ1) is 5.88. The summed E-state index contributed by atoms with van der Waals surface area (Å²) in [6, 6.07) is 0. The van der Waals surface area contributed by atoms with Gasteiger partial charge in [-0.05, 0) is 55.8 Å². The summed E-state index contributed by atoms with van der Waals surface area (Å²) in [5, 5.41) is 0. The van der Waals surface area contributed by atoms with E-state index in [-0.39, 0.29) is 0 Å². The van der Waals surface area contributed by atoms with Gasteiger partial charge < -0.3 is 4.79 Å². The molecule has 0 amide bonds. The third-order valence-electron chi connectivity index (χ3n) is 4.62. The van der Waals surface area contributed by atoms with Crippen molar-refractivity contribution in [2.75, 3.05) is 0 Å². The predicted octanol–water partition coefficient (Wildman–Crippen LogP) is 2.26. The zero-order chi connectivity index (χ0) is 8.13. The Labute approximate surface area is 73.5 Å². The number of fused-ring (bicyclic) bond motifs is 5. The van der Waals surface area contributed by atoms with Gasteiger partial charge in [0.2, 0.25) is 0 Å². The number of aldehydes is 1. The minimum Gasteiger partial charge on any atom is -0.303 e. The molecule has 0 aromatic rings. The summed E-state index contributed by atoms with van der Waals surface area (Å²) in [7, 11) is 0. The molecule has 0 saturated heterocycles. The van der Waals surface area contributed by atoms with Crippen LogP contribution in [0.3, 0.4) is 0 Å². The highest BCUT2D eigenvalue weighted by Crippen LogP contribution is 2.59. The maximum absolute atomic E-state index is 10.7. The fourth-order valence-corrected chi connectivity index (χ4v) is 4.17. The van der Waals surface area contributed by atoms with Crippen LogP contribution in [0, 0.1) is 29.6 Å². The summed E-state index contributed by atoms with van der Waals surface area (Å²) in [5.74, 6) is 4.39. The molecule has 0 aromatic heterocycles. The summed E-state index contributed by atoms with van der Waals surface area (Å²) in [6.07, 6.45) is 8.11. The fourth-order valence-electron chi connectivity index (χ4n) is 4.17. The van der Waals surface area contributed by atoms with Crippen molar-refractivity contribution in [3.8, 4) is 0 Å². The van der Waals surface area contributed by atoms with Crippen molar-refractivity contribution in [1.29, 1.82) is 0 Å². The summed E-state index contributed by atoms with van der Waals surface area (Å²) in [6.45, 7) is 0. The van der Waals surface area contributed by atoms with E-state index in [1.807, 2.05) is 0 Å². The van der Waals surface area contributed by atoms with Crippen LogP contribution >= 0.6 is 0 Å². The van der Waals surface area contributed by atoms with Gasteiger partial charge in [0.05, 0.1) is 0 Å². The monoisotopic (exact) mass is 164 g/mol. The topological polar surface area (TPSA) is 17.1 Å². The van der Waals surface area contributed by atoms with E-state index in [0.717, 1.165) is 23.7 Å². The summed E-state index contributed by atoms with van der Waals surface area (Å²) in [5.41, 5.74) is 0. The lowest BCUT2D eigenvalue weighted by atomic mass is 9.82. The maximum Gasteiger partial charge on any atom is 0.123 e. The van der Waals surface area contributed by atoms with Crippen molar-refractivity contribution in [3.05, 3.63) is 0 Å². The lowest BCUT2D eigenvalue weighted by Crippen LogP contribution is -2.15. The van der Waals surface area contributed by atoms with Crippen LogP contribution in [-0.2, 0) is 4.79 Å². The normalized spacial score (nSPS) is 55.8. The molecular weight excluding hydrogens is 148 g/mol. The highest BCUT2D eigenvalue weighted by Gasteiger charge is 2.51. The van der Waals surface area contributed by atoms with Gasteiger partial charge in [0.25, 0.3) is 0 Å². The first-order valence-electron chi connectivity index (χ1n) is 5.34. The number of hydrogen-bond donors (Lipinski definition) is 0. The number of rotatable bonds is 1. The molecule has 3 saturated carbocycles. The number of carbonyl (C=O) groups is 1. The average Bonchev–Trinajstić information content (AvgIpc) is 2.75. The third-order valence-corrected chi connectivity index (χ3v) is 4.62. The smallest absolute Gasteiger partial charge is 0.123 e. The van der Waals surface area contributed by atoms with E-state index in [4.69, 9.17) is 0 Å². The fraction of sp³-hybridized carbons (Fsp3) is 0.909. The Morgan fingerprint density at radius 3 is 2.00 bits per heavy atom. The predicted molar refractivity (Wildman–Crippen MR) is 46.6 cm³/mol. The standard InChI is InChI=1S/C11H16O/c12-6-7-3-10-8-1-2-9(5-8)11(10)4-7/h6-11H,1-5H2/t7?,8-,9+,10?,11?. The Bertz CT molecular complexity index is 193. The van der Waals surface area contributed by atoms with E-state index in [1.165, 1.54) is 38.4 Å². The van der Waals surface area contributed by atoms with Crippen LogP contribution < -0.4 is 0 Å². The molecule has 3 rings (SSSR count).